The van der Waals surface area contributed by atoms with Gasteiger partial charge < -0.3 is 10.5 Å². The molecule has 0 spiro atoms. The number of nitrogens with zero attached hydrogens (tertiary/aromatic N) is 1. The quantitative estimate of drug-likeness (QED) is 0.852. The minimum absolute atomic E-state index is 0.132. The summed E-state index contributed by atoms with van der Waals surface area (Å²) < 4.78 is 5.37. The molecule has 3 nitrogen and oxygen atoms in total. The summed E-state index contributed by atoms with van der Waals surface area (Å²) >= 11 is 7.64. The summed E-state index contributed by atoms with van der Waals surface area (Å²) in [7, 11) is 1.66. The lowest BCUT2D eigenvalue weighted by Crippen LogP contribution is -2.14. The van der Waals surface area contributed by atoms with Crippen molar-refractivity contribution in [3.8, 4) is 5.75 Å². The highest BCUT2D eigenvalue weighted by molar-refractivity contribution is 7.99. The average Bonchev–Trinajstić information content (AvgIpc) is 2.46. The van der Waals surface area contributed by atoms with Crippen molar-refractivity contribution in [2.75, 3.05) is 12.9 Å². The van der Waals surface area contributed by atoms with Gasteiger partial charge in [-0.05, 0) is 25.1 Å². The van der Waals surface area contributed by atoms with Crippen molar-refractivity contribution < 1.29 is 4.74 Å². The van der Waals surface area contributed by atoms with Crippen LogP contribution in [0.1, 0.15) is 17.2 Å². The van der Waals surface area contributed by atoms with E-state index in [1.807, 2.05) is 31.2 Å². The molecule has 2 aromatic rings. The fraction of sp³-hybridized carbons (Fsp3) is 0.267. The lowest BCUT2D eigenvalue weighted by atomic mass is 10.1. The molecule has 106 valence electrons. The maximum atomic E-state index is 6.27. The van der Waals surface area contributed by atoms with E-state index in [-0.39, 0.29) is 6.04 Å². The summed E-state index contributed by atoms with van der Waals surface area (Å²) in [6.07, 6.45) is 1.73. The van der Waals surface area contributed by atoms with Gasteiger partial charge in [0.15, 0.2) is 0 Å². The molecule has 0 aliphatic carbocycles. The van der Waals surface area contributed by atoms with Gasteiger partial charge in [0.2, 0.25) is 0 Å². The number of hydrogen-bond donors (Lipinski definition) is 1. The van der Waals surface area contributed by atoms with Crippen molar-refractivity contribution in [3.05, 3.63) is 52.7 Å². The molecule has 0 fully saturated rings. The van der Waals surface area contributed by atoms with Gasteiger partial charge in [0.05, 0.1) is 12.1 Å². The van der Waals surface area contributed by atoms with Crippen molar-refractivity contribution in [1.29, 1.82) is 0 Å². The Morgan fingerprint density at radius 1 is 1.40 bits per heavy atom. The first-order valence-electron chi connectivity index (χ1n) is 6.25. The SMILES string of the molecule is COc1ccc(C)cc1C(N)CSc1ncccc1Cl. The van der Waals surface area contributed by atoms with Crippen molar-refractivity contribution in [2.24, 2.45) is 5.73 Å². The largest absolute Gasteiger partial charge is 0.496 e. The highest BCUT2D eigenvalue weighted by atomic mass is 35.5. The molecular formula is C15H17ClN2OS. The third-order valence-electron chi connectivity index (χ3n) is 2.91. The number of ether oxygens (including phenoxy) is 1. The number of nitrogens with two attached hydrogens (primary N) is 1. The van der Waals surface area contributed by atoms with E-state index >= 15 is 0 Å². The van der Waals surface area contributed by atoms with Crippen LogP contribution in [0, 0.1) is 6.92 Å². The lowest BCUT2D eigenvalue weighted by Gasteiger charge is -2.16. The normalized spacial score (nSPS) is 12.2. The lowest BCUT2D eigenvalue weighted by molar-refractivity contribution is 0.407. The summed E-state index contributed by atoms with van der Waals surface area (Å²) in [6.45, 7) is 2.04. The molecule has 2 rings (SSSR count). The highest BCUT2D eigenvalue weighted by Gasteiger charge is 2.13. The van der Waals surface area contributed by atoms with Crippen molar-refractivity contribution in [1.82, 2.24) is 4.98 Å². The van der Waals surface area contributed by atoms with Gasteiger partial charge in [-0.3, -0.25) is 0 Å². The second-order valence-corrected chi connectivity index (χ2v) is 5.87. The molecule has 0 saturated carbocycles. The first kappa shape index (κ1) is 15.2. The van der Waals surface area contributed by atoms with Crippen LogP contribution in [0.15, 0.2) is 41.6 Å². The second kappa shape index (κ2) is 6.97. The molecule has 5 heteroatoms. The summed E-state index contributed by atoms with van der Waals surface area (Å²) in [6, 6.07) is 9.53. The number of pyridine rings is 1. The number of halogens is 1. The van der Waals surface area contributed by atoms with Crippen LogP contribution in [0.5, 0.6) is 5.75 Å². The van der Waals surface area contributed by atoms with Gasteiger partial charge >= 0.3 is 0 Å². The van der Waals surface area contributed by atoms with Gasteiger partial charge in [-0.15, -0.1) is 11.8 Å². The molecule has 2 N–H and O–H groups in total. The van der Waals surface area contributed by atoms with Crippen LogP contribution in [-0.4, -0.2) is 17.8 Å². The number of hydrogen-bond acceptors (Lipinski definition) is 4. The predicted molar refractivity (Wildman–Crippen MR) is 84.6 cm³/mol. The summed E-state index contributed by atoms with van der Waals surface area (Å²) in [4.78, 5) is 4.25. The van der Waals surface area contributed by atoms with E-state index in [1.165, 1.54) is 0 Å². The van der Waals surface area contributed by atoms with Crippen LogP contribution < -0.4 is 10.5 Å². The Morgan fingerprint density at radius 3 is 2.90 bits per heavy atom. The average molecular weight is 309 g/mol. The molecule has 0 saturated heterocycles. The number of rotatable bonds is 5. The van der Waals surface area contributed by atoms with E-state index in [4.69, 9.17) is 22.1 Å². The summed E-state index contributed by atoms with van der Waals surface area (Å²) in [5, 5.41) is 1.46. The zero-order chi connectivity index (χ0) is 14.5. The van der Waals surface area contributed by atoms with Gasteiger partial charge in [-0.1, -0.05) is 29.3 Å². The molecule has 0 aliphatic rings. The maximum absolute atomic E-state index is 6.27. The minimum atomic E-state index is -0.132. The van der Waals surface area contributed by atoms with Crippen LogP contribution in [0.3, 0.4) is 0 Å². The molecule has 0 aliphatic heterocycles. The zero-order valence-electron chi connectivity index (χ0n) is 11.5. The maximum Gasteiger partial charge on any atom is 0.123 e. The van der Waals surface area contributed by atoms with E-state index < -0.39 is 0 Å². The third-order valence-corrected chi connectivity index (χ3v) is 4.45. The number of benzene rings is 1. The standard InChI is InChI=1S/C15H17ClN2OS/c1-10-5-6-14(19-2)11(8-10)13(17)9-20-15-12(16)4-3-7-18-15/h3-8,13H,9,17H2,1-2H3. The predicted octanol–water partition coefficient (Wildman–Crippen LogP) is 3.84. The number of aryl methyl sites for hydroxylation is 1. The molecule has 1 heterocycles. The Balaban J connectivity index is 2.11. The van der Waals surface area contributed by atoms with E-state index in [2.05, 4.69) is 11.1 Å². The second-order valence-electron chi connectivity index (χ2n) is 4.45. The Labute approximate surface area is 128 Å². The molecule has 0 bridgehead atoms. The van der Waals surface area contributed by atoms with Gasteiger partial charge in [-0.25, -0.2) is 4.98 Å². The van der Waals surface area contributed by atoms with Crippen LogP contribution >= 0.6 is 23.4 Å². The van der Waals surface area contributed by atoms with Gasteiger partial charge in [0.1, 0.15) is 10.8 Å². The van der Waals surface area contributed by atoms with Crippen molar-refractivity contribution >= 4 is 23.4 Å². The molecule has 1 aromatic carbocycles. The van der Waals surface area contributed by atoms with Gasteiger partial charge in [-0.2, -0.15) is 0 Å². The number of thioether (sulfide) groups is 1. The highest BCUT2D eigenvalue weighted by Crippen LogP contribution is 2.31. The molecular weight excluding hydrogens is 292 g/mol. The first-order chi connectivity index (χ1) is 9.61. The van der Waals surface area contributed by atoms with Crippen molar-refractivity contribution in [2.45, 2.75) is 18.0 Å². The monoisotopic (exact) mass is 308 g/mol. The Kier molecular flexibility index (Phi) is 5.29. The number of aromatic nitrogens is 1. The minimum Gasteiger partial charge on any atom is -0.496 e. The topological polar surface area (TPSA) is 48.1 Å². The van der Waals surface area contributed by atoms with Gasteiger partial charge in [0.25, 0.3) is 0 Å². The smallest absolute Gasteiger partial charge is 0.123 e. The van der Waals surface area contributed by atoms with Crippen LogP contribution in [0.2, 0.25) is 5.02 Å². The van der Waals surface area contributed by atoms with Crippen LogP contribution in [0.4, 0.5) is 0 Å². The molecule has 0 radical (unpaired) electrons. The van der Waals surface area contributed by atoms with Gasteiger partial charge in [0, 0.05) is 23.6 Å². The Morgan fingerprint density at radius 2 is 2.20 bits per heavy atom. The summed E-state index contributed by atoms with van der Waals surface area (Å²) in [5.74, 6) is 1.51. The van der Waals surface area contributed by atoms with Crippen LogP contribution in [0.25, 0.3) is 0 Å². The van der Waals surface area contributed by atoms with E-state index in [9.17, 15) is 0 Å². The molecule has 1 aromatic heterocycles. The summed E-state index contributed by atoms with van der Waals surface area (Å²) in [5.41, 5.74) is 8.44. The van der Waals surface area contributed by atoms with Crippen molar-refractivity contribution in [3.63, 3.8) is 0 Å². The Bertz CT molecular complexity index is 592. The molecule has 1 unspecified atom stereocenters. The zero-order valence-corrected chi connectivity index (χ0v) is 13.0. The van der Waals surface area contributed by atoms with E-state index in [0.29, 0.717) is 10.8 Å². The fourth-order valence-corrected chi connectivity index (χ4v) is 3.02. The Hall–Kier alpha value is -1.23. The molecule has 1 atom stereocenters. The molecule has 0 amide bonds. The number of methoxy groups -OCH3 is 1. The van der Waals surface area contributed by atoms with Crippen LogP contribution in [-0.2, 0) is 0 Å². The first-order valence-corrected chi connectivity index (χ1v) is 7.61. The van der Waals surface area contributed by atoms with E-state index in [1.54, 1.807) is 25.1 Å². The molecule has 20 heavy (non-hydrogen) atoms. The third kappa shape index (κ3) is 3.66. The fourth-order valence-electron chi connectivity index (χ4n) is 1.88. The van der Waals surface area contributed by atoms with E-state index in [0.717, 1.165) is 21.9 Å².